The molecular weight excluding hydrogens is 408 g/mol. The average Bonchev–Trinajstić information content (AvgIpc) is 3.67. The molecule has 3 aliphatic rings. The summed E-state index contributed by atoms with van der Waals surface area (Å²) in [5, 5.41) is 3.19. The summed E-state index contributed by atoms with van der Waals surface area (Å²) in [5.74, 6) is 0.657. The molecule has 1 aliphatic heterocycles. The maximum Gasteiger partial charge on any atom is 0.255 e. The molecule has 1 heterocycles. The largest absolute Gasteiger partial charge is 0.322 e. The van der Waals surface area contributed by atoms with Crippen molar-refractivity contribution in [2.75, 3.05) is 5.32 Å². The lowest BCUT2D eigenvalue weighted by atomic mass is 9.79. The molecule has 0 spiro atoms. The number of carbonyl (C=O) groups is 2. The summed E-state index contributed by atoms with van der Waals surface area (Å²) in [6.07, 6.45) is 13.7. The topological polar surface area (TPSA) is 58.5 Å². The Morgan fingerprint density at radius 3 is 2.76 bits per heavy atom. The first-order chi connectivity index (χ1) is 16.1. The highest BCUT2D eigenvalue weighted by molar-refractivity contribution is 6.05. The van der Waals surface area contributed by atoms with Crippen LogP contribution in [0.4, 0.5) is 5.69 Å². The zero-order valence-electron chi connectivity index (χ0n) is 19.3. The Morgan fingerprint density at radius 2 is 2.00 bits per heavy atom. The first-order valence-electron chi connectivity index (χ1n) is 12.3. The number of anilines is 1. The average molecular weight is 441 g/mol. The van der Waals surface area contributed by atoms with Gasteiger partial charge in [-0.25, -0.2) is 0 Å². The minimum atomic E-state index is -0.110. The van der Waals surface area contributed by atoms with Gasteiger partial charge in [-0.3, -0.25) is 14.6 Å². The zero-order valence-corrected chi connectivity index (χ0v) is 19.3. The van der Waals surface area contributed by atoms with Crippen LogP contribution in [0.25, 0.3) is 0 Å². The number of aryl methyl sites for hydroxylation is 1. The van der Waals surface area contributed by atoms with E-state index in [1.54, 1.807) is 0 Å². The Labute approximate surface area is 196 Å². The van der Waals surface area contributed by atoms with E-state index in [0.717, 1.165) is 48.9 Å². The predicted octanol–water partition coefficient (Wildman–Crippen LogP) is 6.29. The smallest absolute Gasteiger partial charge is 0.255 e. The van der Waals surface area contributed by atoms with Gasteiger partial charge >= 0.3 is 0 Å². The quantitative estimate of drug-likeness (QED) is 0.573. The number of nitrogens with one attached hydrogen (secondary N) is 1. The maximum atomic E-state index is 13.3. The molecule has 1 amide bonds. The van der Waals surface area contributed by atoms with Crippen molar-refractivity contribution in [3.8, 4) is 0 Å². The molecule has 1 N–H and O–H groups in total. The zero-order chi connectivity index (χ0) is 22.8. The number of benzene rings is 2. The summed E-state index contributed by atoms with van der Waals surface area (Å²) in [5.41, 5.74) is 6.15. The number of nitrogens with zero attached hydrogens (tertiary/aromatic N) is 1. The van der Waals surface area contributed by atoms with Crippen LogP contribution in [-0.2, 0) is 11.2 Å². The van der Waals surface area contributed by atoms with Gasteiger partial charge < -0.3 is 5.32 Å². The summed E-state index contributed by atoms with van der Waals surface area (Å²) in [6, 6.07) is 12.3. The van der Waals surface area contributed by atoms with E-state index >= 15 is 0 Å². The van der Waals surface area contributed by atoms with Crippen molar-refractivity contribution >= 4 is 23.6 Å². The number of aliphatic imine (C=N–C) groups is 1. The van der Waals surface area contributed by atoms with Crippen LogP contribution in [0.15, 0.2) is 53.5 Å². The van der Waals surface area contributed by atoms with Gasteiger partial charge in [0, 0.05) is 29.8 Å². The number of hydrogen-bond donors (Lipinski definition) is 1. The van der Waals surface area contributed by atoms with Crippen molar-refractivity contribution < 1.29 is 9.59 Å². The molecule has 0 bridgehead atoms. The third-order valence-corrected chi connectivity index (χ3v) is 7.30. The van der Waals surface area contributed by atoms with Crippen molar-refractivity contribution in [3.05, 3.63) is 76.4 Å². The minimum Gasteiger partial charge on any atom is -0.322 e. The van der Waals surface area contributed by atoms with Gasteiger partial charge in [0.2, 0.25) is 0 Å². The normalized spacial score (nSPS) is 22.4. The fourth-order valence-corrected chi connectivity index (χ4v) is 5.27. The van der Waals surface area contributed by atoms with E-state index in [0.29, 0.717) is 23.7 Å². The van der Waals surface area contributed by atoms with Crippen LogP contribution < -0.4 is 5.32 Å². The highest BCUT2D eigenvalue weighted by atomic mass is 16.1. The SMILES string of the molecule is Cc1ccc(C(=O)Nc2cccc(C3CC3)c2C2CCCCC2=O)cc1CC1CC=CC=N1. The first kappa shape index (κ1) is 21.8. The number of rotatable bonds is 6. The second-order valence-corrected chi connectivity index (χ2v) is 9.76. The Bertz CT molecular complexity index is 1130. The van der Waals surface area contributed by atoms with E-state index in [-0.39, 0.29) is 17.9 Å². The van der Waals surface area contributed by atoms with Crippen molar-refractivity contribution in [1.82, 2.24) is 0 Å². The van der Waals surface area contributed by atoms with Gasteiger partial charge in [-0.05, 0) is 97.9 Å². The van der Waals surface area contributed by atoms with Gasteiger partial charge in [0.25, 0.3) is 5.91 Å². The molecule has 2 aromatic rings. The fourth-order valence-electron chi connectivity index (χ4n) is 5.27. The third-order valence-electron chi connectivity index (χ3n) is 7.30. The van der Waals surface area contributed by atoms with Crippen LogP contribution in [0.1, 0.15) is 89.4 Å². The highest BCUT2D eigenvalue weighted by Gasteiger charge is 2.34. The Balaban J connectivity index is 1.41. The van der Waals surface area contributed by atoms with Gasteiger partial charge in [0.05, 0.1) is 6.04 Å². The Morgan fingerprint density at radius 1 is 1.12 bits per heavy atom. The molecule has 0 saturated heterocycles. The van der Waals surface area contributed by atoms with E-state index in [1.807, 2.05) is 42.6 Å². The van der Waals surface area contributed by atoms with Crippen molar-refractivity contribution in [2.45, 2.75) is 76.2 Å². The molecular formula is C29H32N2O2. The lowest BCUT2D eigenvalue weighted by Crippen LogP contribution is -2.22. The molecule has 2 unspecified atom stereocenters. The molecule has 2 aromatic carbocycles. The van der Waals surface area contributed by atoms with Gasteiger partial charge in [-0.1, -0.05) is 30.7 Å². The predicted molar refractivity (Wildman–Crippen MR) is 134 cm³/mol. The van der Waals surface area contributed by atoms with Crippen LogP contribution in [0.5, 0.6) is 0 Å². The van der Waals surface area contributed by atoms with Crippen LogP contribution in [0.3, 0.4) is 0 Å². The molecule has 2 saturated carbocycles. The van der Waals surface area contributed by atoms with Crippen LogP contribution in [0, 0.1) is 6.92 Å². The molecule has 2 fully saturated rings. The second kappa shape index (κ2) is 9.46. The van der Waals surface area contributed by atoms with Gasteiger partial charge in [-0.2, -0.15) is 0 Å². The first-order valence-corrected chi connectivity index (χ1v) is 12.3. The lowest BCUT2D eigenvalue weighted by molar-refractivity contribution is -0.121. The summed E-state index contributed by atoms with van der Waals surface area (Å²) in [7, 11) is 0. The molecule has 33 heavy (non-hydrogen) atoms. The van der Waals surface area contributed by atoms with Gasteiger partial charge in [0.1, 0.15) is 5.78 Å². The molecule has 4 nitrogen and oxygen atoms in total. The molecule has 170 valence electrons. The number of amides is 1. The number of dihydropyridines is 1. The number of allylic oxidation sites excluding steroid dienone is 1. The van der Waals surface area contributed by atoms with E-state index in [2.05, 4.69) is 29.4 Å². The maximum absolute atomic E-state index is 13.3. The lowest BCUT2D eigenvalue weighted by Gasteiger charge is -2.26. The van der Waals surface area contributed by atoms with E-state index in [1.165, 1.54) is 24.0 Å². The summed E-state index contributed by atoms with van der Waals surface area (Å²) >= 11 is 0. The number of carbonyl (C=O) groups excluding carboxylic acids is 2. The molecule has 5 rings (SSSR count). The van der Waals surface area contributed by atoms with E-state index < -0.39 is 0 Å². The minimum absolute atomic E-state index is 0.0864. The van der Waals surface area contributed by atoms with Crippen molar-refractivity contribution in [1.29, 1.82) is 0 Å². The monoisotopic (exact) mass is 440 g/mol. The molecule has 2 atom stereocenters. The van der Waals surface area contributed by atoms with Crippen LogP contribution >= 0.6 is 0 Å². The summed E-state index contributed by atoms with van der Waals surface area (Å²) in [6.45, 7) is 2.09. The van der Waals surface area contributed by atoms with Crippen molar-refractivity contribution in [3.63, 3.8) is 0 Å². The Hall–Kier alpha value is -3.01. The number of hydrogen-bond acceptors (Lipinski definition) is 3. The summed E-state index contributed by atoms with van der Waals surface area (Å²) < 4.78 is 0. The van der Waals surface area contributed by atoms with Crippen molar-refractivity contribution in [2.24, 2.45) is 4.99 Å². The molecule has 2 aliphatic carbocycles. The Kier molecular flexibility index (Phi) is 6.26. The second-order valence-electron chi connectivity index (χ2n) is 9.76. The van der Waals surface area contributed by atoms with Crippen LogP contribution in [0.2, 0.25) is 0 Å². The summed E-state index contributed by atoms with van der Waals surface area (Å²) in [4.78, 5) is 30.8. The van der Waals surface area contributed by atoms with Gasteiger partial charge in [0.15, 0.2) is 0 Å². The number of ketones is 1. The number of Topliss-reactive ketones (excluding diaryl/α,β-unsaturated/α-hetero) is 1. The van der Waals surface area contributed by atoms with Gasteiger partial charge in [-0.15, -0.1) is 0 Å². The highest BCUT2D eigenvalue weighted by Crippen LogP contribution is 2.47. The van der Waals surface area contributed by atoms with E-state index in [9.17, 15) is 9.59 Å². The molecule has 0 radical (unpaired) electrons. The van der Waals surface area contributed by atoms with E-state index in [4.69, 9.17) is 0 Å². The standard InChI is InChI=1S/C29H32N2O2/c1-19-12-13-21(17-22(19)18-23-7-4-5-16-30-23)29(33)31-26-10-6-9-24(20-14-15-20)28(26)25-8-2-3-11-27(25)32/h4-6,9-10,12-13,16-17,20,23,25H,2-3,7-8,11,14-15,18H2,1H3,(H,31,33). The fraction of sp³-hybridized carbons (Fsp3) is 0.414. The molecule has 4 heteroatoms. The molecule has 0 aromatic heterocycles. The third kappa shape index (κ3) is 4.85. The van der Waals surface area contributed by atoms with Crippen LogP contribution in [-0.4, -0.2) is 23.9 Å².